The van der Waals surface area contributed by atoms with E-state index in [1.807, 2.05) is 0 Å². The fourth-order valence-corrected chi connectivity index (χ4v) is 1.59. The minimum atomic E-state index is -7.97. The molecule has 146 valence electrons. The number of hydrogen-bond acceptors (Lipinski definition) is 2. The maximum Gasteiger partial charge on any atom is 1.00 e. The third-order valence-corrected chi connectivity index (χ3v) is 3.12. The maximum absolute atomic E-state index is 13.0. The molecule has 1 atom stereocenters. The molecule has 0 bridgehead atoms. The number of halogens is 13. The van der Waals surface area contributed by atoms with Crippen LogP contribution < -0.4 is 29.6 Å². The predicted octanol–water partition coefficient (Wildman–Crippen LogP) is 0.998. The first kappa shape index (κ1) is 27.4. The summed E-state index contributed by atoms with van der Waals surface area (Å²) in [7, 11) is 0. The predicted molar refractivity (Wildman–Crippen MR) is 49.2 cm³/mol. The van der Waals surface area contributed by atoms with Crippen molar-refractivity contribution in [1.82, 2.24) is 0 Å². The van der Waals surface area contributed by atoms with Crippen LogP contribution in [0.25, 0.3) is 0 Å². The molecule has 0 aliphatic rings. The van der Waals surface area contributed by atoms with Gasteiger partial charge in [0.05, 0.1) is 0 Å². The normalized spacial score (nSPS) is 16.4. The summed E-state index contributed by atoms with van der Waals surface area (Å²) in [4.78, 5) is 0. The van der Waals surface area contributed by atoms with Crippen LogP contribution in [0.1, 0.15) is 6.42 Å². The Bertz CT molecular complexity index is 489. The van der Waals surface area contributed by atoms with Crippen LogP contribution in [0.15, 0.2) is 0 Å². The zero-order valence-electron chi connectivity index (χ0n) is 11.6. The van der Waals surface area contributed by atoms with Crippen LogP contribution >= 0.6 is 0 Å². The Hall–Kier alpha value is 0.200. The van der Waals surface area contributed by atoms with Crippen molar-refractivity contribution in [2.75, 3.05) is 5.75 Å². The van der Waals surface area contributed by atoms with Gasteiger partial charge in [-0.3, -0.25) is 4.21 Å². The molecule has 0 radical (unpaired) electrons. The molecule has 25 heavy (non-hydrogen) atoms. The van der Waals surface area contributed by atoms with Crippen molar-refractivity contribution in [3.63, 3.8) is 0 Å². The molecule has 0 aromatic carbocycles. The van der Waals surface area contributed by atoms with E-state index in [4.69, 9.17) is 0 Å². The molecule has 0 aliphatic carbocycles. The van der Waals surface area contributed by atoms with Crippen LogP contribution in [0.2, 0.25) is 0 Å². The first-order chi connectivity index (χ1) is 10.2. The average Bonchev–Trinajstić information content (AvgIpc) is 2.34. The van der Waals surface area contributed by atoms with E-state index in [0.29, 0.717) is 0 Å². The molecule has 0 spiro atoms. The van der Waals surface area contributed by atoms with Gasteiger partial charge in [0.15, 0.2) is 0 Å². The summed E-state index contributed by atoms with van der Waals surface area (Å²) in [6.45, 7) is 0. The number of rotatable bonds is 7. The first-order valence-electron chi connectivity index (χ1n) is 5.18. The molecule has 0 amide bonds. The Kier molecular flexibility index (Phi) is 8.42. The molecular formula is C8H4F13NaO2S. The third-order valence-electron chi connectivity index (χ3n) is 2.58. The van der Waals surface area contributed by atoms with Gasteiger partial charge >= 0.3 is 65.3 Å². The Morgan fingerprint density at radius 3 is 1.24 bits per heavy atom. The second-order valence-electron chi connectivity index (χ2n) is 4.26. The van der Waals surface area contributed by atoms with Crippen LogP contribution in [0.3, 0.4) is 0 Å². The van der Waals surface area contributed by atoms with E-state index >= 15 is 0 Å². The molecule has 0 saturated carbocycles. The van der Waals surface area contributed by atoms with Gasteiger partial charge in [-0.1, -0.05) is 11.1 Å². The van der Waals surface area contributed by atoms with Gasteiger partial charge in [-0.2, -0.15) is 57.1 Å². The Morgan fingerprint density at radius 2 is 0.960 bits per heavy atom. The molecule has 17 heteroatoms. The van der Waals surface area contributed by atoms with Crippen LogP contribution in [0.4, 0.5) is 57.1 Å². The van der Waals surface area contributed by atoms with E-state index in [1.54, 1.807) is 0 Å². The summed E-state index contributed by atoms with van der Waals surface area (Å²) in [6.07, 6.45) is -10.2. The Morgan fingerprint density at radius 1 is 0.640 bits per heavy atom. The summed E-state index contributed by atoms with van der Waals surface area (Å²) in [5, 5.41) is 0. The van der Waals surface area contributed by atoms with Crippen molar-refractivity contribution in [2.24, 2.45) is 0 Å². The van der Waals surface area contributed by atoms with Crippen LogP contribution in [-0.2, 0) is 11.1 Å². The molecule has 0 aromatic rings. The molecule has 0 aromatic heterocycles. The first-order valence-corrected chi connectivity index (χ1v) is 6.43. The van der Waals surface area contributed by atoms with Crippen LogP contribution in [-0.4, -0.2) is 50.3 Å². The van der Waals surface area contributed by atoms with E-state index in [2.05, 4.69) is 0 Å². The largest absolute Gasteiger partial charge is 1.00 e. The summed E-state index contributed by atoms with van der Waals surface area (Å²) < 4.78 is 183. The smallest absolute Gasteiger partial charge is 0.772 e. The second-order valence-corrected chi connectivity index (χ2v) is 5.27. The van der Waals surface area contributed by atoms with Gasteiger partial charge in [-0.05, 0) is 0 Å². The minimum Gasteiger partial charge on any atom is -0.772 e. The van der Waals surface area contributed by atoms with E-state index in [9.17, 15) is 65.8 Å². The van der Waals surface area contributed by atoms with Gasteiger partial charge < -0.3 is 4.55 Å². The SMILES string of the molecule is O=S([O-])CCC(F)(F)C(F)(F)C(F)(F)C(F)(F)C(F)(F)C(F)(F)F.[Na+]. The van der Waals surface area contributed by atoms with Crippen molar-refractivity contribution in [1.29, 1.82) is 0 Å². The van der Waals surface area contributed by atoms with Gasteiger partial charge in [0.2, 0.25) is 0 Å². The Labute approximate surface area is 154 Å². The summed E-state index contributed by atoms with van der Waals surface area (Å²) in [5.41, 5.74) is 0. The fourth-order valence-electron chi connectivity index (χ4n) is 1.17. The monoisotopic (exact) mass is 434 g/mol. The van der Waals surface area contributed by atoms with Crippen molar-refractivity contribution >= 4 is 11.1 Å². The maximum atomic E-state index is 13.0. The van der Waals surface area contributed by atoms with Crippen molar-refractivity contribution in [2.45, 2.75) is 42.2 Å². The van der Waals surface area contributed by atoms with Crippen molar-refractivity contribution in [3.05, 3.63) is 0 Å². The van der Waals surface area contributed by atoms with E-state index in [0.717, 1.165) is 0 Å². The summed E-state index contributed by atoms with van der Waals surface area (Å²) >= 11 is -3.55. The number of hydrogen-bond donors (Lipinski definition) is 0. The quantitative estimate of drug-likeness (QED) is 0.341. The summed E-state index contributed by atoms with van der Waals surface area (Å²) in [5.74, 6) is -39.4. The van der Waals surface area contributed by atoms with Gasteiger partial charge in [0, 0.05) is 12.2 Å². The van der Waals surface area contributed by atoms with E-state index < -0.39 is 59.0 Å². The van der Waals surface area contributed by atoms with Gasteiger partial charge in [0.25, 0.3) is 0 Å². The number of alkyl halides is 13. The van der Waals surface area contributed by atoms with E-state index in [-0.39, 0.29) is 29.6 Å². The molecule has 2 nitrogen and oxygen atoms in total. The van der Waals surface area contributed by atoms with Crippen LogP contribution in [0, 0.1) is 0 Å². The van der Waals surface area contributed by atoms with E-state index in [1.165, 1.54) is 0 Å². The van der Waals surface area contributed by atoms with Crippen molar-refractivity contribution in [3.8, 4) is 0 Å². The topological polar surface area (TPSA) is 40.1 Å². The second kappa shape index (κ2) is 7.67. The molecule has 0 fully saturated rings. The zero-order chi connectivity index (χ0) is 20.0. The minimum absolute atomic E-state index is 0. The van der Waals surface area contributed by atoms with Gasteiger partial charge in [-0.15, -0.1) is 0 Å². The van der Waals surface area contributed by atoms with Gasteiger partial charge in [0.1, 0.15) is 0 Å². The van der Waals surface area contributed by atoms with Crippen molar-refractivity contribution < 1.29 is 95.4 Å². The average molecular weight is 434 g/mol. The molecule has 0 N–H and O–H groups in total. The molecule has 0 saturated heterocycles. The zero-order valence-corrected chi connectivity index (χ0v) is 14.4. The van der Waals surface area contributed by atoms with Gasteiger partial charge in [-0.25, -0.2) is 0 Å². The molecule has 1 unspecified atom stereocenters. The molecule has 0 aliphatic heterocycles. The standard InChI is InChI=1S/C8H5F13O2S.Na/c9-3(10,1-2-24(22)23)4(11,12)5(13,14)6(15,16)7(17,18)8(19,20)21;/h1-2H2,(H,22,23);/q;+1/p-1. The molecular weight excluding hydrogens is 430 g/mol. The fraction of sp³-hybridized carbons (Fsp3) is 1.00. The molecule has 0 rings (SSSR count). The summed E-state index contributed by atoms with van der Waals surface area (Å²) in [6, 6.07) is 0. The Balaban J connectivity index is 0. The third kappa shape index (κ3) is 4.55. The van der Waals surface area contributed by atoms with Crippen LogP contribution in [0.5, 0.6) is 0 Å². The molecule has 0 heterocycles.